The third-order valence-corrected chi connectivity index (χ3v) is 6.58. The monoisotopic (exact) mass is 391 g/mol. The van der Waals surface area contributed by atoms with E-state index < -0.39 is 21.0 Å². The van der Waals surface area contributed by atoms with Gasteiger partial charge in [0.05, 0.1) is 23.0 Å². The number of benzene rings is 2. The van der Waals surface area contributed by atoms with Crippen LogP contribution in [0.15, 0.2) is 47.4 Å². The highest BCUT2D eigenvalue weighted by atomic mass is 32.2. The lowest BCUT2D eigenvalue weighted by Gasteiger charge is -2.36. The normalized spacial score (nSPS) is 18.2. The molecule has 0 radical (unpaired) electrons. The van der Waals surface area contributed by atoms with Crippen molar-refractivity contribution >= 4 is 15.7 Å². The Labute approximate surface area is 158 Å². The molecule has 1 fully saturated rings. The van der Waals surface area contributed by atoms with Crippen molar-refractivity contribution in [1.29, 1.82) is 0 Å². The number of methoxy groups -OCH3 is 1. The molecule has 0 saturated carbocycles. The lowest BCUT2D eigenvalue weighted by Crippen LogP contribution is -2.48. The number of nitro groups is 1. The topological polar surface area (TPSA) is 102 Å². The van der Waals surface area contributed by atoms with E-state index >= 15 is 0 Å². The molecule has 1 heterocycles. The summed E-state index contributed by atoms with van der Waals surface area (Å²) < 4.78 is 33.4. The quantitative estimate of drug-likeness (QED) is 0.620. The van der Waals surface area contributed by atoms with Crippen LogP contribution in [0.2, 0.25) is 0 Å². The van der Waals surface area contributed by atoms with Crippen LogP contribution in [0.25, 0.3) is 0 Å². The Morgan fingerprint density at radius 2 is 2.00 bits per heavy atom. The predicted octanol–water partition coefficient (Wildman–Crippen LogP) is 2.25. The van der Waals surface area contributed by atoms with Gasteiger partial charge in [0.15, 0.2) is 0 Å². The van der Waals surface area contributed by atoms with E-state index in [1.165, 1.54) is 23.5 Å². The van der Waals surface area contributed by atoms with Crippen molar-refractivity contribution in [3.63, 3.8) is 0 Å². The van der Waals surface area contributed by atoms with Crippen molar-refractivity contribution in [2.24, 2.45) is 0 Å². The molecule has 1 N–H and O–H groups in total. The predicted molar refractivity (Wildman–Crippen MR) is 100 cm³/mol. The number of hydrogen-bond acceptors (Lipinski definition) is 6. The number of nitrogens with one attached hydrogen (secondary N) is 1. The standard InChI is InChI=1S/C18H21N3O5S/c1-13-7-8-14(11-16(13)21(22)23)27(24,25)20-10-9-19-12-17(20)15-5-3-4-6-18(15)26-2/h3-8,11,17,19H,9-10,12H2,1-2H3. The third kappa shape index (κ3) is 3.66. The van der Waals surface area contributed by atoms with Crippen LogP contribution in [-0.4, -0.2) is 44.4 Å². The SMILES string of the molecule is COc1ccccc1C1CNCCN1S(=O)(=O)c1ccc(C)c([N+](=O)[O-])c1. The molecule has 2 aromatic rings. The smallest absolute Gasteiger partial charge is 0.273 e. The Morgan fingerprint density at radius 1 is 1.26 bits per heavy atom. The van der Waals surface area contributed by atoms with Crippen LogP contribution in [0.3, 0.4) is 0 Å². The fraction of sp³-hybridized carbons (Fsp3) is 0.333. The maximum Gasteiger partial charge on any atom is 0.273 e. The molecule has 1 saturated heterocycles. The summed E-state index contributed by atoms with van der Waals surface area (Å²) in [5.41, 5.74) is 0.956. The second kappa shape index (κ2) is 7.63. The van der Waals surface area contributed by atoms with Gasteiger partial charge in [0.25, 0.3) is 5.69 Å². The molecular weight excluding hydrogens is 370 g/mol. The first-order valence-electron chi connectivity index (χ1n) is 8.47. The van der Waals surface area contributed by atoms with Gasteiger partial charge in [-0.05, 0) is 19.1 Å². The molecule has 0 amide bonds. The summed E-state index contributed by atoms with van der Waals surface area (Å²) in [5.74, 6) is 0.598. The van der Waals surface area contributed by atoms with Crippen LogP contribution in [0.1, 0.15) is 17.2 Å². The maximum atomic E-state index is 13.3. The molecule has 2 aromatic carbocycles. The maximum absolute atomic E-state index is 13.3. The first kappa shape index (κ1) is 19.3. The van der Waals surface area contributed by atoms with E-state index in [1.807, 2.05) is 18.2 Å². The molecule has 0 spiro atoms. The van der Waals surface area contributed by atoms with E-state index in [0.29, 0.717) is 24.4 Å². The molecule has 27 heavy (non-hydrogen) atoms. The summed E-state index contributed by atoms with van der Waals surface area (Å²) in [5, 5.41) is 14.4. The van der Waals surface area contributed by atoms with E-state index in [0.717, 1.165) is 11.6 Å². The summed E-state index contributed by atoms with van der Waals surface area (Å²) >= 11 is 0. The Morgan fingerprint density at radius 3 is 2.70 bits per heavy atom. The van der Waals surface area contributed by atoms with Crippen LogP contribution in [0.4, 0.5) is 5.69 Å². The minimum Gasteiger partial charge on any atom is -0.496 e. The van der Waals surface area contributed by atoms with Crippen molar-refractivity contribution < 1.29 is 18.1 Å². The van der Waals surface area contributed by atoms with Gasteiger partial charge in [0.2, 0.25) is 10.0 Å². The Bertz CT molecular complexity index is 961. The van der Waals surface area contributed by atoms with Gasteiger partial charge in [-0.2, -0.15) is 4.31 Å². The number of rotatable bonds is 5. The summed E-state index contributed by atoms with van der Waals surface area (Å²) in [6, 6.07) is 10.8. The number of nitro benzene ring substituents is 1. The number of piperazine rings is 1. The van der Waals surface area contributed by atoms with E-state index in [-0.39, 0.29) is 17.1 Å². The van der Waals surface area contributed by atoms with Crippen LogP contribution in [0.5, 0.6) is 5.75 Å². The highest BCUT2D eigenvalue weighted by molar-refractivity contribution is 7.89. The van der Waals surface area contributed by atoms with Crippen LogP contribution >= 0.6 is 0 Å². The number of ether oxygens (including phenoxy) is 1. The molecule has 1 aliphatic heterocycles. The van der Waals surface area contributed by atoms with Crippen LogP contribution in [-0.2, 0) is 10.0 Å². The second-order valence-electron chi connectivity index (χ2n) is 6.28. The first-order chi connectivity index (χ1) is 12.9. The van der Waals surface area contributed by atoms with E-state index in [2.05, 4.69) is 5.32 Å². The van der Waals surface area contributed by atoms with E-state index in [4.69, 9.17) is 4.74 Å². The van der Waals surface area contributed by atoms with Crippen molar-refractivity contribution in [3.8, 4) is 5.75 Å². The van der Waals surface area contributed by atoms with Crippen molar-refractivity contribution in [1.82, 2.24) is 9.62 Å². The Hall–Kier alpha value is -2.49. The summed E-state index contributed by atoms with van der Waals surface area (Å²) in [7, 11) is -2.38. The fourth-order valence-corrected chi connectivity index (χ4v) is 4.89. The molecule has 1 unspecified atom stereocenters. The highest BCUT2D eigenvalue weighted by Crippen LogP contribution is 2.34. The summed E-state index contributed by atoms with van der Waals surface area (Å²) in [6.45, 7) is 2.76. The number of sulfonamides is 1. The minimum atomic E-state index is -3.92. The lowest BCUT2D eigenvalue weighted by atomic mass is 10.0. The Kier molecular flexibility index (Phi) is 5.45. The minimum absolute atomic E-state index is 0.0819. The van der Waals surface area contributed by atoms with Gasteiger partial charge in [0.1, 0.15) is 5.75 Å². The number of hydrogen-bond donors (Lipinski definition) is 1. The van der Waals surface area contributed by atoms with Crippen molar-refractivity contribution in [2.75, 3.05) is 26.7 Å². The lowest BCUT2D eigenvalue weighted by molar-refractivity contribution is -0.385. The molecule has 144 valence electrons. The molecule has 3 rings (SSSR count). The van der Waals surface area contributed by atoms with E-state index in [1.54, 1.807) is 13.0 Å². The zero-order chi connectivity index (χ0) is 19.6. The van der Waals surface area contributed by atoms with Gasteiger partial charge in [0, 0.05) is 36.8 Å². The third-order valence-electron chi connectivity index (χ3n) is 4.68. The molecule has 9 heteroatoms. The molecule has 8 nitrogen and oxygen atoms in total. The van der Waals surface area contributed by atoms with Crippen LogP contribution < -0.4 is 10.1 Å². The zero-order valence-electron chi connectivity index (χ0n) is 15.1. The summed E-state index contributed by atoms with van der Waals surface area (Å²) in [4.78, 5) is 10.6. The highest BCUT2D eigenvalue weighted by Gasteiger charge is 2.36. The van der Waals surface area contributed by atoms with Gasteiger partial charge in [-0.15, -0.1) is 0 Å². The molecule has 1 aliphatic rings. The number of nitrogens with zero attached hydrogens (tertiary/aromatic N) is 2. The number of aryl methyl sites for hydroxylation is 1. The molecule has 0 aliphatic carbocycles. The molecular formula is C18H21N3O5S. The second-order valence-corrected chi connectivity index (χ2v) is 8.17. The average Bonchev–Trinajstić information content (AvgIpc) is 2.68. The molecule has 0 bridgehead atoms. The van der Waals surface area contributed by atoms with Crippen molar-refractivity contribution in [2.45, 2.75) is 17.9 Å². The largest absolute Gasteiger partial charge is 0.496 e. The first-order valence-corrected chi connectivity index (χ1v) is 9.91. The van der Waals surface area contributed by atoms with Gasteiger partial charge in [-0.25, -0.2) is 8.42 Å². The summed E-state index contributed by atoms with van der Waals surface area (Å²) in [6.07, 6.45) is 0. The van der Waals surface area contributed by atoms with Gasteiger partial charge in [-0.3, -0.25) is 10.1 Å². The van der Waals surface area contributed by atoms with E-state index in [9.17, 15) is 18.5 Å². The Balaban J connectivity index is 2.06. The zero-order valence-corrected chi connectivity index (χ0v) is 15.9. The van der Waals surface area contributed by atoms with Crippen molar-refractivity contribution in [3.05, 3.63) is 63.7 Å². The van der Waals surface area contributed by atoms with Gasteiger partial charge in [-0.1, -0.05) is 24.3 Å². The average molecular weight is 391 g/mol. The van der Waals surface area contributed by atoms with Crippen LogP contribution in [0, 0.1) is 17.0 Å². The molecule has 0 aromatic heterocycles. The number of para-hydroxylation sites is 1. The van der Waals surface area contributed by atoms with Gasteiger partial charge < -0.3 is 10.1 Å². The van der Waals surface area contributed by atoms with Gasteiger partial charge >= 0.3 is 0 Å². The molecule has 1 atom stereocenters. The fourth-order valence-electron chi connectivity index (χ4n) is 3.26.